The molecule has 21 heavy (non-hydrogen) atoms. The number of fused-ring (bicyclic) bond motifs is 1. The zero-order valence-electron chi connectivity index (χ0n) is 12.0. The summed E-state index contributed by atoms with van der Waals surface area (Å²) in [4.78, 5) is 11.9. The highest BCUT2D eigenvalue weighted by Crippen LogP contribution is 2.31. The molecule has 2 N–H and O–H groups in total. The Hall–Kier alpha value is -1.64. The van der Waals surface area contributed by atoms with E-state index >= 15 is 0 Å². The van der Waals surface area contributed by atoms with E-state index in [1.54, 1.807) is 0 Å². The first kappa shape index (κ1) is 15.7. The quantitative estimate of drug-likeness (QED) is 0.802. The highest BCUT2D eigenvalue weighted by Gasteiger charge is 2.23. The van der Waals surface area contributed by atoms with Crippen molar-refractivity contribution in [2.24, 2.45) is 0 Å². The van der Waals surface area contributed by atoms with Crippen molar-refractivity contribution in [2.45, 2.75) is 12.5 Å². The summed E-state index contributed by atoms with van der Waals surface area (Å²) in [6.07, 6.45) is 0.656. The molecular formula is C13H19N3O4S. The number of nitrogens with zero attached hydrogens (tertiary/aromatic N) is 1. The van der Waals surface area contributed by atoms with Crippen LogP contribution in [0.1, 0.15) is 18.0 Å². The van der Waals surface area contributed by atoms with Gasteiger partial charge in [-0.1, -0.05) is 18.2 Å². The van der Waals surface area contributed by atoms with Gasteiger partial charge in [-0.25, -0.2) is 0 Å². The lowest BCUT2D eigenvalue weighted by molar-refractivity contribution is -0.120. The van der Waals surface area contributed by atoms with Crippen LogP contribution < -0.4 is 14.8 Å². The molecule has 1 atom stereocenters. The molecule has 0 radical (unpaired) electrons. The Morgan fingerprint density at radius 2 is 2.10 bits per heavy atom. The first-order valence-corrected chi connectivity index (χ1v) is 8.02. The van der Waals surface area contributed by atoms with Gasteiger partial charge in [-0.3, -0.25) is 4.79 Å². The van der Waals surface area contributed by atoms with Crippen LogP contribution in [0.4, 0.5) is 0 Å². The van der Waals surface area contributed by atoms with Gasteiger partial charge in [0.25, 0.3) is 10.2 Å². The van der Waals surface area contributed by atoms with E-state index < -0.39 is 10.2 Å². The van der Waals surface area contributed by atoms with Crippen molar-refractivity contribution in [3.8, 4) is 5.75 Å². The lowest BCUT2D eigenvalue weighted by Crippen LogP contribution is -2.43. The minimum atomic E-state index is -3.60. The SMILES string of the molecule is CN(C)S(=O)(=O)NCC(=O)NC1CCOc2ccccc21. The third-order valence-electron chi connectivity index (χ3n) is 3.19. The van der Waals surface area contributed by atoms with Gasteiger partial charge in [0, 0.05) is 26.1 Å². The summed E-state index contributed by atoms with van der Waals surface area (Å²) in [6, 6.07) is 7.33. The Morgan fingerprint density at radius 1 is 1.38 bits per heavy atom. The maximum atomic E-state index is 11.9. The Morgan fingerprint density at radius 3 is 2.81 bits per heavy atom. The monoisotopic (exact) mass is 313 g/mol. The molecule has 1 unspecified atom stereocenters. The van der Waals surface area contributed by atoms with Crippen molar-refractivity contribution in [3.63, 3.8) is 0 Å². The van der Waals surface area contributed by atoms with Crippen LogP contribution in [0.3, 0.4) is 0 Å². The van der Waals surface area contributed by atoms with E-state index in [2.05, 4.69) is 10.0 Å². The largest absolute Gasteiger partial charge is 0.493 e. The summed E-state index contributed by atoms with van der Waals surface area (Å²) in [5, 5.41) is 2.82. The van der Waals surface area contributed by atoms with Crippen molar-refractivity contribution in [1.82, 2.24) is 14.3 Å². The molecule has 1 aromatic rings. The zero-order valence-corrected chi connectivity index (χ0v) is 12.8. The molecule has 2 rings (SSSR count). The molecule has 0 bridgehead atoms. The number of nitrogens with one attached hydrogen (secondary N) is 2. The van der Waals surface area contributed by atoms with E-state index in [0.29, 0.717) is 13.0 Å². The summed E-state index contributed by atoms with van der Waals surface area (Å²) < 4.78 is 31.8. The smallest absolute Gasteiger partial charge is 0.279 e. The van der Waals surface area contributed by atoms with Gasteiger partial charge in [0.05, 0.1) is 19.2 Å². The topological polar surface area (TPSA) is 87.7 Å². The highest BCUT2D eigenvalue weighted by molar-refractivity contribution is 7.87. The van der Waals surface area contributed by atoms with Crippen LogP contribution >= 0.6 is 0 Å². The standard InChI is InChI=1S/C13H19N3O4S/c1-16(2)21(18,19)14-9-13(17)15-11-7-8-20-12-6-4-3-5-10(11)12/h3-6,11,14H,7-9H2,1-2H3,(H,15,17). The molecule has 1 heterocycles. The van der Waals surface area contributed by atoms with Gasteiger partial charge in [0.2, 0.25) is 5.91 Å². The number of rotatable bonds is 5. The lowest BCUT2D eigenvalue weighted by atomic mass is 10.0. The van der Waals surface area contributed by atoms with Gasteiger partial charge in [0.1, 0.15) is 5.75 Å². The summed E-state index contributed by atoms with van der Waals surface area (Å²) in [5.74, 6) is 0.380. The Kier molecular flexibility index (Phi) is 4.81. The molecule has 8 heteroatoms. The van der Waals surface area contributed by atoms with Gasteiger partial charge in [-0.2, -0.15) is 17.4 Å². The number of carbonyl (C=O) groups excluding carboxylic acids is 1. The Labute approximate surface area is 124 Å². The summed E-state index contributed by atoms with van der Waals surface area (Å²) in [7, 11) is -0.801. The zero-order chi connectivity index (χ0) is 15.5. The third-order valence-corrected chi connectivity index (χ3v) is 4.66. The molecule has 1 aliphatic heterocycles. The fourth-order valence-electron chi connectivity index (χ4n) is 2.02. The average Bonchev–Trinajstić information content (AvgIpc) is 2.45. The molecule has 1 aromatic carbocycles. The van der Waals surface area contributed by atoms with E-state index in [1.807, 2.05) is 24.3 Å². The minimum absolute atomic E-state index is 0.161. The molecule has 0 aromatic heterocycles. The van der Waals surface area contributed by atoms with Crippen LogP contribution in [-0.4, -0.2) is 45.9 Å². The maximum Gasteiger partial charge on any atom is 0.279 e. The first-order valence-electron chi connectivity index (χ1n) is 6.58. The molecule has 0 saturated carbocycles. The van der Waals surface area contributed by atoms with Crippen molar-refractivity contribution in [3.05, 3.63) is 29.8 Å². The van der Waals surface area contributed by atoms with E-state index in [0.717, 1.165) is 15.6 Å². The second-order valence-electron chi connectivity index (χ2n) is 4.90. The highest BCUT2D eigenvalue weighted by atomic mass is 32.2. The number of para-hydroxylation sites is 1. The van der Waals surface area contributed by atoms with Gasteiger partial charge in [-0.15, -0.1) is 0 Å². The van der Waals surface area contributed by atoms with E-state index in [-0.39, 0.29) is 18.5 Å². The van der Waals surface area contributed by atoms with Crippen molar-refractivity contribution >= 4 is 16.1 Å². The van der Waals surface area contributed by atoms with Crippen LogP contribution in [0.2, 0.25) is 0 Å². The second-order valence-corrected chi connectivity index (χ2v) is 6.87. The molecule has 0 aliphatic carbocycles. The number of amides is 1. The molecule has 7 nitrogen and oxygen atoms in total. The predicted octanol–water partition coefficient (Wildman–Crippen LogP) is 0.0224. The number of carbonyl (C=O) groups is 1. The number of ether oxygens (including phenoxy) is 1. The van der Waals surface area contributed by atoms with E-state index in [9.17, 15) is 13.2 Å². The third kappa shape index (κ3) is 3.93. The van der Waals surface area contributed by atoms with Gasteiger partial charge in [-0.05, 0) is 6.07 Å². The van der Waals surface area contributed by atoms with Crippen molar-refractivity contribution in [2.75, 3.05) is 27.2 Å². The molecule has 1 aliphatic rings. The van der Waals surface area contributed by atoms with E-state index in [1.165, 1.54) is 14.1 Å². The molecule has 1 amide bonds. The molecule has 0 fully saturated rings. The summed E-state index contributed by atoms with van der Waals surface area (Å²) in [5.41, 5.74) is 0.910. The Bertz CT molecular complexity index is 616. The molecule has 0 spiro atoms. The van der Waals surface area contributed by atoms with Crippen LogP contribution in [0.5, 0.6) is 5.75 Å². The van der Waals surface area contributed by atoms with Crippen LogP contribution in [-0.2, 0) is 15.0 Å². The van der Waals surface area contributed by atoms with Crippen LogP contribution in [0, 0.1) is 0 Å². The fraction of sp³-hybridized carbons (Fsp3) is 0.462. The summed E-state index contributed by atoms with van der Waals surface area (Å²) >= 11 is 0. The maximum absolute atomic E-state index is 11.9. The van der Waals surface area contributed by atoms with Gasteiger partial charge >= 0.3 is 0 Å². The molecule has 116 valence electrons. The van der Waals surface area contributed by atoms with Crippen LogP contribution in [0.25, 0.3) is 0 Å². The lowest BCUT2D eigenvalue weighted by Gasteiger charge is -2.26. The van der Waals surface area contributed by atoms with Gasteiger partial charge < -0.3 is 10.1 Å². The second kappa shape index (κ2) is 6.42. The first-order chi connectivity index (χ1) is 9.90. The average molecular weight is 313 g/mol. The molecular weight excluding hydrogens is 294 g/mol. The van der Waals surface area contributed by atoms with Gasteiger partial charge in [0.15, 0.2) is 0 Å². The summed E-state index contributed by atoms with van der Waals surface area (Å²) in [6.45, 7) is 0.228. The Balaban J connectivity index is 1.96. The minimum Gasteiger partial charge on any atom is -0.493 e. The van der Waals surface area contributed by atoms with Crippen molar-refractivity contribution in [1.29, 1.82) is 0 Å². The van der Waals surface area contributed by atoms with E-state index in [4.69, 9.17) is 4.74 Å². The normalized spacial score (nSPS) is 18.0. The number of hydrogen-bond donors (Lipinski definition) is 2. The van der Waals surface area contributed by atoms with Crippen LogP contribution in [0.15, 0.2) is 24.3 Å². The predicted molar refractivity (Wildman–Crippen MR) is 78.0 cm³/mol. The number of hydrogen-bond acceptors (Lipinski definition) is 4. The van der Waals surface area contributed by atoms with Crippen molar-refractivity contribution < 1.29 is 17.9 Å². The number of benzene rings is 1. The molecule has 0 saturated heterocycles. The fourth-order valence-corrected chi connectivity index (χ4v) is 2.59.